The molecular formula is C15H18N2O. The number of nitrogens with two attached hydrogens (primary N) is 1. The molecule has 0 aliphatic carbocycles. The molecule has 1 atom stereocenters. The first kappa shape index (κ1) is 12.6. The number of rotatable bonds is 5. The molecule has 2 aromatic rings. The summed E-state index contributed by atoms with van der Waals surface area (Å²) in [4.78, 5) is 11.1. The summed E-state index contributed by atoms with van der Waals surface area (Å²) in [5.41, 5.74) is 6.40. The van der Waals surface area contributed by atoms with Gasteiger partial charge in [0.05, 0.1) is 0 Å². The van der Waals surface area contributed by atoms with Crippen molar-refractivity contribution in [1.82, 2.24) is 5.32 Å². The molecule has 2 rings (SSSR count). The van der Waals surface area contributed by atoms with Crippen molar-refractivity contribution >= 4 is 16.7 Å². The predicted octanol–water partition coefficient (Wildman–Crippen LogP) is 2.37. The van der Waals surface area contributed by atoms with E-state index in [9.17, 15) is 4.79 Å². The summed E-state index contributed by atoms with van der Waals surface area (Å²) in [6, 6.07) is 14.4. The van der Waals surface area contributed by atoms with E-state index in [2.05, 4.69) is 35.6 Å². The fourth-order valence-corrected chi connectivity index (χ4v) is 2.18. The molecule has 1 unspecified atom stereocenters. The molecule has 0 heterocycles. The average Bonchev–Trinajstić information content (AvgIpc) is 2.37. The first-order chi connectivity index (χ1) is 8.70. The Morgan fingerprint density at radius 3 is 2.61 bits per heavy atom. The summed E-state index contributed by atoms with van der Waals surface area (Å²) in [7, 11) is 0. The topological polar surface area (TPSA) is 55.1 Å². The number of nitrogens with one attached hydrogen (secondary N) is 1. The molecule has 3 nitrogen and oxygen atoms in total. The van der Waals surface area contributed by atoms with Gasteiger partial charge in [-0.15, -0.1) is 0 Å². The Morgan fingerprint density at radius 2 is 1.94 bits per heavy atom. The lowest BCUT2D eigenvalue weighted by molar-refractivity contribution is -0.118. The maximum absolute atomic E-state index is 11.1. The highest BCUT2D eigenvalue weighted by Gasteiger charge is 2.13. The SMILES string of the molecule is CCNC(CC(N)=O)c1ccc2ccccc2c1. The fraction of sp³-hybridized carbons (Fsp3) is 0.267. The van der Waals surface area contributed by atoms with Crippen LogP contribution in [0.4, 0.5) is 0 Å². The molecule has 2 aromatic carbocycles. The molecule has 0 saturated carbocycles. The Kier molecular flexibility index (Phi) is 3.95. The van der Waals surface area contributed by atoms with Crippen molar-refractivity contribution in [2.45, 2.75) is 19.4 Å². The van der Waals surface area contributed by atoms with Crippen LogP contribution in [0, 0.1) is 0 Å². The number of hydrogen-bond donors (Lipinski definition) is 2. The van der Waals surface area contributed by atoms with Gasteiger partial charge in [0.15, 0.2) is 0 Å². The van der Waals surface area contributed by atoms with Gasteiger partial charge in [0.25, 0.3) is 0 Å². The van der Waals surface area contributed by atoms with Gasteiger partial charge in [-0.1, -0.05) is 43.3 Å². The van der Waals surface area contributed by atoms with E-state index < -0.39 is 0 Å². The number of hydrogen-bond acceptors (Lipinski definition) is 2. The Hall–Kier alpha value is -1.87. The van der Waals surface area contributed by atoms with Crippen LogP contribution in [0.5, 0.6) is 0 Å². The van der Waals surface area contributed by atoms with Crippen molar-refractivity contribution in [1.29, 1.82) is 0 Å². The number of carbonyl (C=O) groups is 1. The van der Waals surface area contributed by atoms with Crippen molar-refractivity contribution in [3.63, 3.8) is 0 Å². The van der Waals surface area contributed by atoms with Crippen LogP contribution in [0.2, 0.25) is 0 Å². The predicted molar refractivity (Wildman–Crippen MR) is 74.2 cm³/mol. The molecule has 0 aliphatic rings. The Balaban J connectivity index is 2.34. The molecule has 94 valence electrons. The highest BCUT2D eigenvalue weighted by molar-refractivity contribution is 5.83. The Morgan fingerprint density at radius 1 is 1.22 bits per heavy atom. The summed E-state index contributed by atoms with van der Waals surface area (Å²) >= 11 is 0. The lowest BCUT2D eigenvalue weighted by atomic mass is 9.99. The van der Waals surface area contributed by atoms with E-state index in [0.717, 1.165) is 12.1 Å². The molecule has 3 N–H and O–H groups in total. The monoisotopic (exact) mass is 242 g/mol. The van der Waals surface area contributed by atoms with E-state index in [0.29, 0.717) is 6.42 Å². The van der Waals surface area contributed by atoms with Gasteiger partial charge in [0, 0.05) is 12.5 Å². The average molecular weight is 242 g/mol. The van der Waals surface area contributed by atoms with Gasteiger partial charge < -0.3 is 11.1 Å². The highest BCUT2D eigenvalue weighted by Crippen LogP contribution is 2.22. The van der Waals surface area contributed by atoms with Crippen molar-refractivity contribution in [3.05, 3.63) is 48.0 Å². The van der Waals surface area contributed by atoms with Crippen molar-refractivity contribution in [2.75, 3.05) is 6.54 Å². The highest BCUT2D eigenvalue weighted by atomic mass is 16.1. The van der Waals surface area contributed by atoms with E-state index in [-0.39, 0.29) is 11.9 Å². The van der Waals surface area contributed by atoms with Crippen LogP contribution < -0.4 is 11.1 Å². The molecule has 0 saturated heterocycles. The number of amides is 1. The van der Waals surface area contributed by atoms with Gasteiger partial charge >= 0.3 is 0 Å². The van der Waals surface area contributed by atoms with E-state index in [1.165, 1.54) is 10.8 Å². The quantitative estimate of drug-likeness (QED) is 0.845. The zero-order chi connectivity index (χ0) is 13.0. The third-order valence-electron chi connectivity index (χ3n) is 3.03. The largest absolute Gasteiger partial charge is 0.370 e. The normalized spacial score (nSPS) is 12.5. The van der Waals surface area contributed by atoms with Crippen molar-refractivity contribution in [3.8, 4) is 0 Å². The molecule has 3 heteroatoms. The minimum absolute atomic E-state index is 0.00268. The minimum atomic E-state index is -0.283. The van der Waals surface area contributed by atoms with Gasteiger partial charge in [-0.05, 0) is 28.9 Å². The molecule has 0 bridgehead atoms. The molecule has 1 amide bonds. The maximum Gasteiger partial charge on any atom is 0.219 e. The first-order valence-electron chi connectivity index (χ1n) is 6.21. The molecule has 0 aromatic heterocycles. The summed E-state index contributed by atoms with van der Waals surface area (Å²) in [5, 5.41) is 5.68. The lowest BCUT2D eigenvalue weighted by Gasteiger charge is -2.17. The number of carbonyl (C=O) groups excluding carboxylic acids is 1. The summed E-state index contributed by atoms with van der Waals surface area (Å²) in [5.74, 6) is -0.283. The van der Waals surface area contributed by atoms with E-state index in [1.807, 2.05) is 19.1 Å². The smallest absolute Gasteiger partial charge is 0.219 e. The first-order valence-corrected chi connectivity index (χ1v) is 6.21. The van der Waals surface area contributed by atoms with Crippen LogP contribution >= 0.6 is 0 Å². The van der Waals surface area contributed by atoms with Crippen LogP contribution in [0.1, 0.15) is 24.9 Å². The zero-order valence-electron chi connectivity index (χ0n) is 10.5. The molecule has 0 spiro atoms. The van der Waals surface area contributed by atoms with Crippen molar-refractivity contribution < 1.29 is 4.79 Å². The second-order valence-electron chi connectivity index (χ2n) is 4.39. The molecule has 18 heavy (non-hydrogen) atoms. The van der Waals surface area contributed by atoms with Crippen LogP contribution in [-0.2, 0) is 4.79 Å². The summed E-state index contributed by atoms with van der Waals surface area (Å²) < 4.78 is 0. The minimum Gasteiger partial charge on any atom is -0.370 e. The second kappa shape index (κ2) is 5.65. The number of fused-ring (bicyclic) bond motifs is 1. The Labute approximate surface area is 107 Å². The van der Waals surface area contributed by atoms with Gasteiger partial charge in [-0.25, -0.2) is 0 Å². The molecule has 0 fully saturated rings. The standard InChI is InChI=1S/C15H18N2O/c1-2-17-14(10-15(16)18)13-8-7-11-5-3-4-6-12(11)9-13/h3-9,14,17H,2,10H2,1H3,(H2,16,18). The van der Waals surface area contributed by atoms with Crippen LogP contribution in [0.3, 0.4) is 0 Å². The second-order valence-corrected chi connectivity index (χ2v) is 4.39. The van der Waals surface area contributed by atoms with Crippen LogP contribution in [-0.4, -0.2) is 12.5 Å². The van der Waals surface area contributed by atoms with Gasteiger partial charge in [-0.3, -0.25) is 4.79 Å². The third kappa shape index (κ3) is 2.87. The van der Waals surface area contributed by atoms with Gasteiger partial charge in [0.1, 0.15) is 0 Å². The van der Waals surface area contributed by atoms with Crippen LogP contribution in [0.15, 0.2) is 42.5 Å². The van der Waals surface area contributed by atoms with Gasteiger partial charge in [0.2, 0.25) is 5.91 Å². The van der Waals surface area contributed by atoms with Crippen LogP contribution in [0.25, 0.3) is 10.8 Å². The number of primary amides is 1. The molecule has 0 aliphatic heterocycles. The fourth-order valence-electron chi connectivity index (χ4n) is 2.18. The number of benzene rings is 2. The molecule has 0 radical (unpaired) electrons. The zero-order valence-corrected chi connectivity index (χ0v) is 10.5. The lowest BCUT2D eigenvalue weighted by Crippen LogP contribution is -2.26. The van der Waals surface area contributed by atoms with Crippen molar-refractivity contribution in [2.24, 2.45) is 5.73 Å². The maximum atomic E-state index is 11.1. The van der Waals surface area contributed by atoms with E-state index >= 15 is 0 Å². The van der Waals surface area contributed by atoms with Gasteiger partial charge in [-0.2, -0.15) is 0 Å². The third-order valence-corrected chi connectivity index (χ3v) is 3.03. The molecular weight excluding hydrogens is 224 g/mol. The van der Waals surface area contributed by atoms with E-state index in [4.69, 9.17) is 5.73 Å². The summed E-state index contributed by atoms with van der Waals surface area (Å²) in [6.07, 6.45) is 0.326. The summed E-state index contributed by atoms with van der Waals surface area (Å²) in [6.45, 7) is 2.83. The Bertz CT molecular complexity index is 551. The van der Waals surface area contributed by atoms with E-state index in [1.54, 1.807) is 0 Å².